The predicted octanol–water partition coefficient (Wildman–Crippen LogP) is 1.87. The molecule has 0 saturated carbocycles. The molecule has 2 rings (SSSR count). The van der Waals surface area contributed by atoms with Crippen LogP contribution in [-0.4, -0.2) is 18.3 Å². The van der Waals surface area contributed by atoms with Crippen molar-refractivity contribution in [3.05, 3.63) is 34.3 Å². The van der Waals surface area contributed by atoms with Gasteiger partial charge >= 0.3 is 0 Å². The van der Waals surface area contributed by atoms with Crippen molar-refractivity contribution >= 4 is 11.6 Å². The molecule has 13 heavy (non-hydrogen) atoms. The van der Waals surface area contributed by atoms with Crippen LogP contribution in [0, 0.1) is 6.92 Å². The second kappa shape index (κ2) is 2.98. The maximum Gasteiger partial charge on any atom is 0.136 e. The van der Waals surface area contributed by atoms with Crippen molar-refractivity contribution in [3.8, 4) is 0 Å². The second-order valence-corrected chi connectivity index (χ2v) is 3.98. The average molecular weight is 199 g/mol. The number of rotatable bonds is 1. The fourth-order valence-corrected chi connectivity index (χ4v) is 1.76. The lowest BCUT2D eigenvalue weighted by Crippen LogP contribution is -2.46. The van der Waals surface area contributed by atoms with Gasteiger partial charge in [0, 0.05) is 5.02 Å². The molecule has 1 heterocycles. The second-order valence-electron chi connectivity index (χ2n) is 3.54. The molecule has 0 amide bonds. The first-order valence-electron chi connectivity index (χ1n) is 4.18. The Hall–Kier alpha value is -0.570. The molecule has 0 spiro atoms. The molecular weight excluding hydrogens is 188 g/mol. The van der Waals surface area contributed by atoms with Gasteiger partial charge in [0.15, 0.2) is 0 Å². The van der Waals surface area contributed by atoms with Crippen molar-refractivity contribution in [3.63, 3.8) is 0 Å². The Morgan fingerprint density at radius 1 is 1.38 bits per heavy atom. The zero-order valence-corrected chi connectivity index (χ0v) is 8.14. The molecule has 0 radical (unpaired) electrons. The molecule has 3 heteroatoms. The van der Waals surface area contributed by atoms with Crippen LogP contribution in [0.4, 0.5) is 0 Å². The van der Waals surface area contributed by atoms with Crippen LogP contribution < -0.4 is 0 Å². The highest BCUT2D eigenvalue weighted by atomic mass is 35.5. The fourth-order valence-electron chi connectivity index (χ4n) is 1.47. The van der Waals surface area contributed by atoms with Crippen LogP contribution >= 0.6 is 11.6 Å². The largest absolute Gasteiger partial charge is 0.380 e. The summed E-state index contributed by atoms with van der Waals surface area (Å²) in [7, 11) is 0. The van der Waals surface area contributed by atoms with Gasteiger partial charge in [0.25, 0.3) is 0 Å². The third kappa shape index (κ3) is 1.57. The van der Waals surface area contributed by atoms with E-state index in [4.69, 9.17) is 16.3 Å². The van der Waals surface area contributed by atoms with Crippen molar-refractivity contribution in [2.45, 2.75) is 12.5 Å². The number of halogens is 1. The quantitative estimate of drug-likeness (QED) is 0.747. The summed E-state index contributed by atoms with van der Waals surface area (Å²) in [5.41, 5.74) is 1.10. The maximum atomic E-state index is 9.95. The highest BCUT2D eigenvalue weighted by Crippen LogP contribution is 2.31. The summed E-state index contributed by atoms with van der Waals surface area (Å²) in [6, 6.07) is 5.60. The molecule has 0 aromatic heterocycles. The number of aryl methyl sites for hydroxylation is 1. The molecular formula is C10H11ClO2. The van der Waals surface area contributed by atoms with Gasteiger partial charge in [-0.05, 0) is 30.2 Å². The van der Waals surface area contributed by atoms with Gasteiger partial charge in [-0.1, -0.05) is 17.7 Å². The molecule has 0 unspecified atom stereocenters. The first-order valence-corrected chi connectivity index (χ1v) is 4.56. The Labute approximate surface area is 82.1 Å². The smallest absolute Gasteiger partial charge is 0.136 e. The standard InChI is InChI=1S/C10H11ClO2/c1-7-2-8(4-9(11)3-7)10(12)5-13-6-10/h2-4,12H,5-6H2,1H3. The summed E-state index contributed by atoms with van der Waals surface area (Å²) in [5.74, 6) is 0. The van der Waals surface area contributed by atoms with Crippen LogP contribution in [-0.2, 0) is 10.3 Å². The molecule has 1 N–H and O–H groups in total. The van der Waals surface area contributed by atoms with Gasteiger partial charge in [-0.15, -0.1) is 0 Å². The van der Waals surface area contributed by atoms with E-state index in [9.17, 15) is 5.11 Å². The summed E-state index contributed by atoms with van der Waals surface area (Å²) in [5, 5.41) is 10.6. The van der Waals surface area contributed by atoms with Crippen molar-refractivity contribution in [2.75, 3.05) is 13.2 Å². The Bertz CT molecular complexity index is 311. The molecule has 0 aliphatic carbocycles. The normalized spacial score (nSPS) is 19.6. The molecule has 1 aromatic carbocycles. The number of ether oxygens (including phenoxy) is 1. The van der Waals surface area contributed by atoms with Crippen molar-refractivity contribution in [1.82, 2.24) is 0 Å². The van der Waals surface area contributed by atoms with Crippen LogP contribution in [0.25, 0.3) is 0 Å². The molecule has 0 bridgehead atoms. The molecule has 1 aliphatic rings. The van der Waals surface area contributed by atoms with E-state index in [-0.39, 0.29) is 0 Å². The molecule has 1 saturated heterocycles. The molecule has 1 aliphatic heterocycles. The van der Waals surface area contributed by atoms with Crippen LogP contribution in [0.5, 0.6) is 0 Å². The Balaban J connectivity index is 2.39. The molecule has 1 aromatic rings. The fraction of sp³-hybridized carbons (Fsp3) is 0.400. The van der Waals surface area contributed by atoms with E-state index in [1.54, 1.807) is 6.07 Å². The summed E-state index contributed by atoms with van der Waals surface area (Å²) in [6.07, 6.45) is 0. The van der Waals surface area contributed by atoms with Gasteiger partial charge < -0.3 is 9.84 Å². The van der Waals surface area contributed by atoms with Gasteiger partial charge in [-0.25, -0.2) is 0 Å². The first-order chi connectivity index (χ1) is 6.10. The first kappa shape index (κ1) is 9.00. The zero-order valence-electron chi connectivity index (χ0n) is 7.38. The van der Waals surface area contributed by atoms with E-state index in [0.717, 1.165) is 11.1 Å². The molecule has 2 nitrogen and oxygen atoms in total. The minimum Gasteiger partial charge on any atom is -0.380 e. The summed E-state index contributed by atoms with van der Waals surface area (Å²) in [6.45, 7) is 2.69. The van der Waals surface area contributed by atoms with E-state index in [1.165, 1.54) is 0 Å². The highest BCUT2D eigenvalue weighted by Gasteiger charge is 2.38. The minimum absolute atomic E-state index is 0.368. The number of aliphatic hydroxyl groups is 1. The molecule has 1 fully saturated rings. The summed E-state index contributed by atoms with van der Waals surface area (Å²) < 4.78 is 4.98. The lowest BCUT2D eigenvalue weighted by molar-refractivity contribution is -0.184. The van der Waals surface area contributed by atoms with Gasteiger partial charge in [0.05, 0.1) is 13.2 Å². The zero-order chi connectivity index (χ0) is 9.47. The van der Waals surface area contributed by atoms with E-state index >= 15 is 0 Å². The monoisotopic (exact) mass is 198 g/mol. The Kier molecular flexibility index (Phi) is 2.06. The highest BCUT2D eigenvalue weighted by molar-refractivity contribution is 6.30. The van der Waals surface area contributed by atoms with Crippen molar-refractivity contribution < 1.29 is 9.84 Å². The topological polar surface area (TPSA) is 29.5 Å². The number of benzene rings is 1. The minimum atomic E-state index is -0.810. The van der Waals surface area contributed by atoms with Crippen LogP contribution in [0.15, 0.2) is 18.2 Å². The van der Waals surface area contributed by atoms with Crippen LogP contribution in [0.2, 0.25) is 5.02 Å². The average Bonchev–Trinajstić information content (AvgIpc) is 1.98. The van der Waals surface area contributed by atoms with E-state index in [0.29, 0.717) is 18.2 Å². The number of hydrogen-bond acceptors (Lipinski definition) is 2. The predicted molar refractivity (Wildman–Crippen MR) is 50.9 cm³/mol. The van der Waals surface area contributed by atoms with Crippen molar-refractivity contribution in [1.29, 1.82) is 0 Å². The van der Waals surface area contributed by atoms with Crippen molar-refractivity contribution in [2.24, 2.45) is 0 Å². The van der Waals surface area contributed by atoms with Gasteiger partial charge in [-0.3, -0.25) is 0 Å². The lowest BCUT2D eigenvalue weighted by atomic mass is 9.91. The third-order valence-corrected chi connectivity index (χ3v) is 2.48. The Morgan fingerprint density at radius 3 is 2.54 bits per heavy atom. The number of hydrogen-bond donors (Lipinski definition) is 1. The van der Waals surface area contributed by atoms with Crippen LogP contribution in [0.1, 0.15) is 11.1 Å². The Morgan fingerprint density at radius 2 is 2.08 bits per heavy atom. The lowest BCUT2D eigenvalue weighted by Gasteiger charge is -2.37. The van der Waals surface area contributed by atoms with E-state index in [2.05, 4.69) is 0 Å². The summed E-state index contributed by atoms with van der Waals surface area (Å²) >= 11 is 5.89. The van der Waals surface area contributed by atoms with Gasteiger partial charge in [0.1, 0.15) is 5.60 Å². The molecule has 0 atom stereocenters. The SMILES string of the molecule is Cc1cc(Cl)cc(C2(O)COC2)c1. The molecule has 70 valence electrons. The van der Waals surface area contributed by atoms with Gasteiger partial charge in [-0.2, -0.15) is 0 Å². The van der Waals surface area contributed by atoms with E-state index in [1.807, 2.05) is 19.1 Å². The van der Waals surface area contributed by atoms with E-state index < -0.39 is 5.60 Å². The van der Waals surface area contributed by atoms with Gasteiger partial charge in [0.2, 0.25) is 0 Å². The summed E-state index contributed by atoms with van der Waals surface area (Å²) in [4.78, 5) is 0. The maximum absolute atomic E-state index is 9.95. The third-order valence-electron chi connectivity index (χ3n) is 2.26. The van der Waals surface area contributed by atoms with Crippen LogP contribution in [0.3, 0.4) is 0 Å².